The Bertz CT molecular complexity index is 613. The van der Waals surface area contributed by atoms with Crippen molar-refractivity contribution in [3.05, 3.63) is 34.9 Å². The fraction of sp³-hybridized carbons (Fsp3) is 0.556. The van der Waals surface area contributed by atoms with Crippen LogP contribution in [0.1, 0.15) is 42.4 Å². The first kappa shape index (κ1) is 15.2. The summed E-state index contributed by atoms with van der Waals surface area (Å²) in [5, 5.41) is 0. The zero-order valence-electron chi connectivity index (χ0n) is 13.5. The fourth-order valence-electron chi connectivity index (χ4n) is 3.36. The second-order valence-electron chi connectivity index (χ2n) is 6.47. The molecule has 0 N–H and O–H groups in total. The van der Waals surface area contributed by atoms with Gasteiger partial charge in [0.25, 0.3) is 0 Å². The van der Waals surface area contributed by atoms with Crippen LogP contribution in [0.4, 0.5) is 0 Å². The minimum atomic E-state index is -0.651. The molecule has 1 saturated carbocycles. The summed E-state index contributed by atoms with van der Waals surface area (Å²) in [6.45, 7) is 4.14. The van der Waals surface area contributed by atoms with E-state index in [1.54, 1.807) is 7.11 Å². The predicted molar refractivity (Wildman–Crippen MR) is 85.1 cm³/mol. The van der Waals surface area contributed by atoms with Crippen LogP contribution in [0.25, 0.3) is 0 Å². The number of hydrogen-bond acceptors (Lipinski definition) is 4. The molecule has 22 heavy (non-hydrogen) atoms. The minimum Gasteiger partial charge on any atom is -0.410 e. The largest absolute Gasteiger partial charge is 0.410 e. The Morgan fingerprint density at radius 3 is 2.73 bits per heavy atom. The number of cyclic esters (lactones) is 1. The lowest BCUT2D eigenvalue weighted by atomic mass is 9.81. The molecule has 3 rings (SSSR count). The van der Waals surface area contributed by atoms with E-state index in [0.717, 1.165) is 25.7 Å². The molecule has 1 heterocycles. The van der Waals surface area contributed by atoms with E-state index >= 15 is 0 Å². The van der Waals surface area contributed by atoms with E-state index in [2.05, 4.69) is 37.0 Å². The standard InChI is InChI=1S/C18H23NO3/c1-12-4-5-13(2)14(10-12)11-16-19-18(17(20)22-16)8-6-15(21-3)7-9-18/h4-5,10,15H,6-9,11H2,1-3H3/t15-,18+. The molecule has 0 bridgehead atoms. The zero-order valence-corrected chi connectivity index (χ0v) is 13.5. The maximum absolute atomic E-state index is 12.3. The van der Waals surface area contributed by atoms with Crippen LogP contribution in [0.5, 0.6) is 0 Å². The maximum atomic E-state index is 12.3. The highest BCUT2D eigenvalue weighted by Crippen LogP contribution is 2.37. The van der Waals surface area contributed by atoms with Crippen molar-refractivity contribution in [2.24, 2.45) is 4.99 Å². The van der Waals surface area contributed by atoms with Crippen molar-refractivity contribution in [3.8, 4) is 0 Å². The lowest BCUT2D eigenvalue weighted by Gasteiger charge is -2.30. The van der Waals surface area contributed by atoms with Gasteiger partial charge in [-0.3, -0.25) is 0 Å². The number of aliphatic imine (C=N–C) groups is 1. The number of rotatable bonds is 3. The summed E-state index contributed by atoms with van der Waals surface area (Å²) < 4.78 is 10.9. The van der Waals surface area contributed by atoms with Crippen LogP contribution in [0.2, 0.25) is 0 Å². The van der Waals surface area contributed by atoms with Gasteiger partial charge < -0.3 is 9.47 Å². The van der Waals surface area contributed by atoms with Gasteiger partial charge in [0, 0.05) is 13.5 Å². The van der Waals surface area contributed by atoms with Gasteiger partial charge in [-0.25, -0.2) is 9.79 Å². The maximum Gasteiger partial charge on any atom is 0.340 e. The monoisotopic (exact) mass is 301 g/mol. The van der Waals surface area contributed by atoms with Crippen molar-refractivity contribution in [1.82, 2.24) is 0 Å². The van der Waals surface area contributed by atoms with E-state index in [9.17, 15) is 4.79 Å². The van der Waals surface area contributed by atoms with Gasteiger partial charge in [0.2, 0.25) is 0 Å². The summed E-state index contributed by atoms with van der Waals surface area (Å²) in [4.78, 5) is 17.0. The number of carbonyl (C=O) groups excluding carboxylic acids is 1. The third-order valence-electron chi connectivity index (χ3n) is 4.87. The van der Waals surface area contributed by atoms with Gasteiger partial charge in [-0.15, -0.1) is 0 Å². The van der Waals surface area contributed by atoms with Crippen LogP contribution in [-0.4, -0.2) is 30.6 Å². The number of benzene rings is 1. The van der Waals surface area contributed by atoms with Crippen molar-refractivity contribution in [1.29, 1.82) is 0 Å². The molecule has 0 saturated heterocycles. The van der Waals surface area contributed by atoms with Gasteiger partial charge in [-0.05, 0) is 50.7 Å². The summed E-state index contributed by atoms with van der Waals surface area (Å²) in [7, 11) is 1.73. The number of methoxy groups -OCH3 is 1. The average Bonchev–Trinajstić information content (AvgIpc) is 2.80. The number of ether oxygens (including phenoxy) is 2. The van der Waals surface area contributed by atoms with Gasteiger partial charge in [0.1, 0.15) is 0 Å². The summed E-state index contributed by atoms with van der Waals surface area (Å²) >= 11 is 0. The van der Waals surface area contributed by atoms with E-state index in [1.165, 1.54) is 16.7 Å². The number of esters is 1. The molecule has 0 radical (unpaired) electrons. The summed E-state index contributed by atoms with van der Waals surface area (Å²) in [5.74, 6) is 0.386. The molecule has 4 heteroatoms. The molecule has 1 aromatic carbocycles. The highest BCUT2D eigenvalue weighted by atomic mass is 16.6. The third kappa shape index (κ3) is 2.80. The van der Waals surface area contributed by atoms with E-state index in [1.807, 2.05) is 0 Å². The van der Waals surface area contributed by atoms with Gasteiger partial charge in [0.15, 0.2) is 11.4 Å². The Morgan fingerprint density at radius 2 is 2.05 bits per heavy atom. The first-order valence-electron chi connectivity index (χ1n) is 7.92. The molecule has 0 amide bonds. The SMILES string of the molecule is CO[C@H]1CC[C@]2(CC1)N=C(Cc1cc(C)ccc1C)OC2=O. The van der Waals surface area contributed by atoms with Crippen molar-refractivity contribution in [3.63, 3.8) is 0 Å². The average molecular weight is 301 g/mol. The smallest absolute Gasteiger partial charge is 0.340 e. The first-order chi connectivity index (χ1) is 10.5. The second-order valence-corrected chi connectivity index (χ2v) is 6.47. The summed E-state index contributed by atoms with van der Waals surface area (Å²) in [6.07, 6.45) is 4.02. The molecule has 1 spiro atoms. The summed E-state index contributed by atoms with van der Waals surface area (Å²) in [6, 6.07) is 6.33. The van der Waals surface area contributed by atoms with E-state index in [4.69, 9.17) is 9.47 Å². The molecular weight excluding hydrogens is 278 g/mol. The van der Waals surface area contributed by atoms with Gasteiger partial charge >= 0.3 is 5.97 Å². The van der Waals surface area contributed by atoms with E-state index in [0.29, 0.717) is 12.3 Å². The van der Waals surface area contributed by atoms with Crippen LogP contribution in [0.3, 0.4) is 0 Å². The lowest BCUT2D eigenvalue weighted by molar-refractivity contribution is -0.141. The molecule has 0 atom stereocenters. The molecule has 118 valence electrons. The van der Waals surface area contributed by atoms with Crippen LogP contribution in [0, 0.1) is 13.8 Å². The Kier molecular flexibility index (Phi) is 4.04. The Labute approximate surface area is 131 Å². The molecule has 0 unspecified atom stereocenters. The van der Waals surface area contributed by atoms with E-state index < -0.39 is 5.54 Å². The quantitative estimate of drug-likeness (QED) is 0.806. The number of carbonyl (C=O) groups is 1. The molecular formula is C18H23NO3. The molecule has 1 aliphatic heterocycles. The van der Waals surface area contributed by atoms with Crippen LogP contribution in [-0.2, 0) is 20.7 Å². The van der Waals surface area contributed by atoms with E-state index in [-0.39, 0.29) is 12.1 Å². The van der Waals surface area contributed by atoms with Crippen molar-refractivity contribution in [2.75, 3.05) is 7.11 Å². The van der Waals surface area contributed by atoms with Gasteiger partial charge in [-0.2, -0.15) is 0 Å². The van der Waals surface area contributed by atoms with Crippen molar-refractivity contribution >= 4 is 11.9 Å². The van der Waals surface area contributed by atoms with Crippen LogP contribution >= 0.6 is 0 Å². The molecule has 2 aliphatic rings. The van der Waals surface area contributed by atoms with Crippen molar-refractivity contribution in [2.45, 2.75) is 57.6 Å². The Morgan fingerprint density at radius 1 is 1.32 bits per heavy atom. The molecule has 1 fully saturated rings. The molecule has 0 aromatic heterocycles. The zero-order chi connectivity index (χ0) is 15.7. The molecule has 1 aromatic rings. The van der Waals surface area contributed by atoms with Crippen LogP contribution < -0.4 is 0 Å². The molecule has 1 aliphatic carbocycles. The summed E-state index contributed by atoms with van der Waals surface area (Å²) in [5.41, 5.74) is 2.94. The van der Waals surface area contributed by atoms with Crippen molar-refractivity contribution < 1.29 is 14.3 Å². The lowest BCUT2D eigenvalue weighted by Crippen LogP contribution is -2.39. The van der Waals surface area contributed by atoms with Gasteiger partial charge in [0.05, 0.1) is 6.10 Å². The number of nitrogens with zero attached hydrogens (tertiary/aromatic N) is 1. The normalized spacial score (nSPS) is 27.9. The number of aryl methyl sites for hydroxylation is 2. The Hall–Kier alpha value is -1.68. The predicted octanol–water partition coefficient (Wildman–Crippen LogP) is 3.13. The highest BCUT2D eigenvalue weighted by molar-refractivity contribution is 6.00. The van der Waals surface area contributed by atoms with Gasteiger partial charge in [-0.1, -0.05) is 23.8 Å². The third-order valence-corrected chi connectivity index (χ3v) is 4.87. The second kappa shape index (κ2) is 5.84. The van der Waals surface area contributed by atoms with Crippen LogP contribution in [0.15, 0.2) is 23.2 Å². The minimum absolute atomic E-state index is 0.178. The highest BCUT2D eigenvalue weighted by Gasteiger charge is 2.48. The topological polar surface area (TPSA) is 47.9 Å². The number of hydrogen-bond donors (Lipinski definition) is 0. The Balaban J connectivity index is 1.77. The first-order valence-corrected chi connectivity index (χ1v) is 7.92. The fourth-order valence-corrected chi connectivity index (χ4v) is 3.36. The molecule has 4 nitrogen and oxygen atoms in total.